The second kappa shape index (κ2) is 6.86. The van der Waals surface area contributed by atoms with Crippen molar-refractivity contribution >= 4 is 62.1 Å². The van der Waals surface area contributed by atoms with Crippen LogP contribution < -0.4 is 10.6 Å². The number of halogens is 2. The Kier molecular flexibility index (Phi) is 5.11. The van der Waals surface area contributed by atoms with Crippen LogP contribution in [0.3, 0.4) is 0 Å². The maximum absolute atomic E-state index is 11.8. The van der Waals surface area contributed by atoms with E-state index in [4.69, 9.17) is 28.2 Å². The molecular weight excluding hydrogens is 398 g/mol. The van der Waals surface area contributed by atoms with Crippen molar-refractivity contribution in [2.45, 2.75) is 0 Å². The van der Waals surface area contributed by atoms with E-state index in [-0.39, 0.29) is 27.3 Å². The van der Waals surface area contributed by atoms with Crippen molar-refractivity contribution in [3.63, 3.8) is 0 Å². The van der Waals surface area contributed by atoms with Gasteiger partial charge in [0.05, 0.1) is 4.92 Å². The number of nitro benzene ring substituents is 1. The molecule has 0 radical (unpaired) electrons. The lowest BCUT2D eigenvalue weighted by atomic mass is 10.2. The first kappa shape index (κ1) is 16.4. The van der Waals surface area contributed by atoms with Crippen LogP contribution in [0.1, 0.15) is 10.6 Å². The molecule has 1 heterocycles. The summed E-state index contributed by atoms with van der Waals surface area (Å²) >= 11 is 13.7. The number of anilines is 1. The quantitative estimate of drug-likeness (QED) is 0.459. The molecule has 0 fully saturated rings. The Labute approximate surface area is 142 Å². The third-order valence-electron chi connectivity index (χ3n) is 2.43. The van der Waals surface area contributed by atoms with E-state index in [1.165, 1.54) is 24.3 Å². The van der Waals surface area contributed by atoms with Gasteiger partial charge in [-0.1, -0.05) is 11.6 Å². The van der Waals surface area contributed by atoms with E-state index >= 15 is 0 Å². The molecule has 2 aromatic rings. The van der Waals surface area contributed by atoms with Gasteiger partial charge in [0, 0.05) is 11.1 Å². The van der Waals surface area contributed by atoms with Crippen LogP contribution in [0.25, 0.3) is 0 Å². The smallest absolute Gasteiger partial charge is 0.294 e. The fraction of sp³-hybridized carbons (Fsp3) is 0. The van der Waals surface area contributed by atoms with Crippen LogP contribution in [0, 0.1) is 10.1 Å². The molecule has 0 unspecified atom stereocenters. The Morgan fingerprint density at radius 2 is 2.09 bits per heavy atom. The maximum atomic E-state index is 11.8. The fourth-order valence-electron chi connectivity index (χ4n) is 1.52. The zero-order valence-electron chi connectivity index (χ0n) is 10.6. The Hall–Kier alpha value is -1.97. The Bertz CT molecular complexity index is 765. The van der Waals surface area contributed by atoms with Crippen LogP contribution >= 0.6 is 39.7 Å². The van der Waals surface area contributed by atoms with E-state index in [1.54, 1.807) is 6.07 Å². The number of carbonyl (C=O) groups is 1. The van der Waals surface area contributed by atoms with Gasteiger partial charge >= 0.3 is 0 Å². The summed E-state index contributed by atoms with van der Waals surface area (Å²) in [5, 5.41) is 16.0. The van der Waals surface area contributed by atoms with Crippen molar-refractivity contribution < 1.29 is 14.1 Å². The number of nitro groups is 1. The average Bonchev–Trinajstić information content (AvgIpc) is 2.87. The van der Waals surface area contributed by atoms with Gasteiger partial charge in [0.1, 0.15) is 5.69 Å². The molecule has 7 nitrogen and oxygen atoms in total. The topological polar surface area (TPSA) is 97.4 Å². The summed E-state index contributed by atoms with van der Waals surface area (Å²) < 4.78 is 5.46. The van der Waals surface area contributed by atoms with E-state index in [0.717, 1.165) is 0 Å². The minimum Gasteiger partial charge on any atom is -0.444 e. The van der Waals surface area contributed by atoms with Crippen LogP contribution in [-0.4, -0.2) is 15.9 Å². The molecule has 0 saturated carbocycles. The first-order valence-electron chi connectivity index (χ1n) is 5.68. The number of hydrogen-bond donors (Lipinski definition) is 2. The molecule has 2 N–H and O–H groups in total. The number of nitrogens with one attached hydrogen (secondary N) is 2. The standard InChI is InChI=1S/C12H7BrClN3O4S/c13-10-4-3-9(21-10)11(18)16-12(22)15-7-2-1-6(14)5-8(7)17(19)20/h1-5H,(H2,15,16,18,22). The molecule has 0 aliphatic carbocycles. The highest BCUT2D eigenvalue weighted by Gasteiger charge is 2.17. The molecule has 0 saturated heterocycles. The normalized spacial score (nSPS) is 10.1. The minimum absolute atomic E-state index is 0.0432. The zero-order valence-corrected chi connectivity index (χ0v) is 13.8. The van der Waals surface area contributed by atoms with Crippen LogP contribution in [0.15, 0.2) is 39.4 Å². The molecule has 0 spiro atoms. The molecule has 0 atom stereocenters. The van der Waals surface area contributed by atoms with Gasteiger partial charge < -0.3 is 9.73 Å². The van der Waals surface area contributed by atoms with Crippen LogP contribution in [-0.2, 0) is 0 Å². The van der Waals surface area contributed by atoms with Crippen molar-refractivity contribution in [1.82, 2.24) is 5.32 Å². The summed E-state index contributed by atoms with van der Waals surface area (Å²) in [6.45, 7) is 0. The third kappa shape index (κ3) is 4.03. The van der Waals surface area contributed by atoms with E-state index in [2.05, 4.69) is 26.6 Å². The molecule has 1 aromatic carbocycles. The van der Waals surface area contributed by atoms with Gasteiger partial charge in [0.2, 0.25) is 0 Å². The number of thiocarbonyl (C=S) groups is 1. The Morgan fingerprint density at radius 3 is 2.68 bits per heavy atom. The van der Waals surface area contributed by atoms with Crippen molar-refractivity contribution in [1.29, 1.82) is 0 Å². The monoisotopic (exact) mass is 403 g/mol. The predicted molar refractivity (Wildman–Crippen MR) is 88.2 cm³/mol. The van der Waals surface area contributed by atoms with E-state index < -0.39 is 10.8 Å². The second-order valence-electron chi connectivity index (χ2n) is 3.93. The highest BCUT2D eigenvalue weighted by atomic mass is 79.9. The number of hydrogen-bond acceptors (Lipinski definition) is 5. The van der Waals surface area contributed by atoms with Crippen LogP contribution in [0.4, 0.5) is 11.4 Å². The molecule has 10 heteroatoms. The summed E-state index contributed by atoms with van der Waals surface area (Å²) in [6.07, 6.45) is 0. The largest absolute Gasteiger partial charge is 0.444 e. The van der Waals surface area contributed by atoms with Crippen molar-refractivity contribution in [3.8, 4) is 0 Å². The predicted octanol–water partition coefficient (Wildman–Crippen LogP) is 3.73. The highest BCUT2D eigenvalue weighted by Crippen LogP contribution is 2.27. The van der Waals surface area contributed by atoms with Crippen LogP contribution in [0.5, 0.6) is 0 Å². The van der Waals surface area contributed by atoms with Gasteiger partial charge in [-0.05, 0) is 52.4 Å². The van der Waals surface area contributed by atoms with Gasteiger partial charge in [-0.2, -0.15) is 0 Å². The molecule has 1 aromatic heterocycles. The molecule has 0 bridgehead atoms. The average molecular weight is 405 g/mol. The summed E-state index contributed by atoms with van der Waals surface area (Å²) in [6, 6.07) is 7.04. The number of benzene rings is 1. The van der Waals surface area contributed by atoms with Crippen molar-refractivity contribution in [2.24, 2.45) is 0 Å². The minimum atomic E-state index is -0.609. The van der Waals surface area contributed by atoms with Gasteiger partial charge in [-0.25, -0.2) is 0 Å². The second-order valence-corrected chi connectivity index (χ2v) is 5.56. The molecular formula is C12H7BrClN3O4S. The number of furan rings is 1. The molecule has 114 valence electrons. The summed E-state index contributed by atoms with van der Waals surface area (Å²) in [5.41, 5.74) is -0.148. The van der Waals surface area contributed by atoms with Gasteiger partial charge in [-0.3, -0.25) is 20.2 Å². The first-order chi connectivity index (χ1) is 10.4. The number of nitrogens with zero attached hydrogens (tertiary/aromatic N) is 1. The van der Waals surface area contributed by atoms with E-state index in [9.17, 15) is 14.9 Å². The van der Waals surface area contributed by atoms with E-state index in [1.807, 2.05) is 0 Å². The Morgan fingerprint density at radius 1 is 1.36 bits per heavy atom. The van der Waals surface area contributed by atoms with Gasteiger partial charge in [-0.15, -0.1) is 0 Å². The number of carbonyl (C=O) groups excluding carboxylic acids is 1. The highest BCUT2D eigenvalue weighted by molar-refractivity contribution is 9.10. The summed E-state index contributed by atoms with van der Waals surface area (Å²) in [7, 11) is 0. The molecule has 0 aliphatic rings. The molecule has 1 amide bonds. The van der Waals surface area contributed by atoms with Crippen molar-refractivity contribution in [2.75, 3.05) is 5.32 Å². The number of rotatable bonds is 3. The summed E-state index contributed by atoms with van der Waals surface area (Å²) in [4.78, 5) is 22.2. The van der Waals surface area contributed by atoms with Gasteiger partial charge in [0.25, 0.3) is 11.6 Å². The lowest BCUT2D eigenvalue weighted by Crippen LogP contribution is -2.34. The maximum Gasteiger partial charge on any atom is 0.294 e. The molecule has 22 heavy (non-hydrogen) atoms. The fourth-order valence-corrected chi connectivity index (χ4v) is 2.19. The first-order valence-corrected chi connectivity index (χ1v) is 7.26. The molecule has 0 aliphatic heterocycles. The Balaban J connectivity index is 2.09. The van der Waals surface area contributed by atoms with Crippen molar-refractivity contribution in [3.05, 3.63) is 55.9 Å². The number of amides is 1. The third-order valence-corrected chi connectivity index (χ3v) is 3.29. The summed E-state index contributed by atoms with van der Waals surface area (Å²) in [5.74, 6) is -0.540. The molecule has 2 rings (SSSR count). The lowest BCUT2D eigenvalue weighted by molar-refractivity contribution is -0.383. The van der Waals surface area contributed by atoms with Gasteiger partial charge in [0.15, 0.2) is 15.5 Å². The van der Waals surface area contributed by atoms with E-state index in [0.29, 0.717) is 4.67 Å². The van der Waals surface area contributed by atoms with Crippen LogP contribution in [0.2, 0.25) is 5.02 Å². The zero-order chi connectivity index (χ0) is 16.3. The lowest BCUT2D eigenvalue weighted by Gasteiger charge is -2.09. The SMILES string of the molecule is O=C(NC(=S)Nc1ccc(Cl)cc1[N+](=O)[O-])c1ccc(Br)o1.